The van der Waals surface area contributed by atoms with E-state index in [1.807, 2.05) is 0 Å². The largest absolute Gasteiger partial charge is 0.508 e. The van der Waals surface area contributed by atoms with Gasteiger partial charge < -0.3 is 83.6 Å². The number of nitrogens with two attached hydrogens (primary N) is 1. The minimum absolute atomic E-state index is 0.00971. The molecule has 3 aromatic heterocycles. The number of carbonyl (C=O) groups excluding carboxylic acids is 11. The third kappa shape index (κ3) is 19.2. The van der Waals surface area contributed by atoms with Crippen molar-refractivity contribution in [3.8, 4) is 5.75 Å². The van der Waals surface area contributed by atoms with Crippen LogP contribution in [0.15, 0.2) is 110 Å². The van der Waals surface area contributed by atoms with Crippen LogP contribution < -0.4 is 53.6 Å². The Balaban J connectivity index is 1.04. The van der Waals surface area contributed by atoms with Gasteiger partial charge in [-0.25, -0.2) is 13.8 Å². The topological polar surface area (TPSA) is 443 Å². The molecule has 10 rings (SSSR count). The zero-order chi connectivity index (χ0) is 71.1. The molecule has 11 amide bonds. The van der Waals surface area contributed by atoms with Gasteiger partial charge in [0.1, 0.15) is 65.2 Å². The van der Waals surface area contributed by atoms with Crippen molar-refractivity contribution in [2.75, 3.05) is 13.1 Å². The second-order valence-corrected chi connectivity index (χ2v) is 24.8. The van der Waals surface area contributed by atoms with Gasteiger partial charge in [-0.3, -0.25) is 57.5 Å². The predicted molar refractivity (Wildman–Crippen MR) is 351 cm³/mol. The first-order valence-electron chi connectivity index (χ1n) is 32.1. The summed E-state index contributed by atoms with van der Waals surface area (Å²) in [7, 11) is 0. The lowest BCUT2D eigenvalue weighted by Crippen LogP contribution is -2.63. The zero-order valence-corrected chi connectivity index (χ0v) is 54.1. The number of halogens is 2. The van der Waals surface area contributed by atoms with Crippen LogP contribution >= 0.6 is 0 Å². The third-order valence-electron chi connectivity index (χ3n) is 17.5. The lowest BCUT2D eigenvalue weighted by Gasteiger charge is -2.37. The van der Waals surface area contributed by atoms with Crippen molar-refractivity contribution < 1.29 is 76.5 Å². The fourth-order valence-corrected chi connectivity index (χ4v) is 12.0. The summed E-state index contributed by atoms with van der Waals surface area (Å²) in [5, 5.41) is 44.3. The monoisotopic (exact) mass is 1370 g/mol. The number of benzene rings is 4. The lowest BCUT2D eigenvalue weighted by molar-refractivity contribution is -0.147. The number of hydrogen-bond acceptors (Lipinski definition) is 14. The van der Waals surface area contributed by atoms with E-state index in [4.69, 9.17) is 5.73 Å². The van der Waals surface area contributed by atoms with Crippen LogP contribution in [-0.4, -0.2) is 167 Å². The van der Waals surface area contributed by atoms with Crippen LogP contribution in [0.4, 0.5) is 8.78 Å². The van der Waals surface area contributed by atoms with Gasteiger partial charge in [-0.05, 0) is 116 Å². The lowest BCUT2D eigenvalue weighted by atomic mass is 9.94. The molecular weight excluding hydrogens is 1290 g/mol. The second-order valence-electron chi connectivity index (χ2n) is 24.8. The number of phenolic OH excluding ortho intramolecular Hbond substituents is 1. The van der Waals surface area contributed by atoms with E-state index in [1.165, 1.54) is 98.3 Å². The number of phenols is 1. The normalized spacial score (nSPS) is 23.0. The molecule has 1 fully saturated rings. The average molecular weight is 1370 g/mol. The summed E-state index contributed by atoms with van der Waals surface area (Å²) in [5.41, 5.74) is 7.51. The van der Waals surface area contributed by atoms with E-state index in [0.29, 0.717) is 45.1 Å². The number of aromatic hydroxyl groups is 1. The number of H-pyrrole nitrogens is 3. The molecule has 16 N–H and O–H groups in total. The second kappa shape index (κ2) is 32.5. The van der Waals surface area contributed by atoms with Crippen LogP contribution in [0.25, 0.3) is 21.8 Å². The van der Waals surface area contributed by atoms with Gasteiger partial charge in [0.25, 0.3) is 0 Å². The highest BCUT2D eigenvalue weighted by molar-refractivity contribution is 6.01. The molecule has 6 heterocycles. The summed E-state index contributed by atoms with van der Waals surface area (Å²) in [4.78, 5) is 182. The molecule has 7 aromatic rings. The predicted octanol–water partition coefficient (Wildman–Crippen LogP) is 0.930. The molecule has 4 aromatic carbocycles. The molecule has 522 valence electrons. The van der Waals surface area contributed by atoms with Crippen molar-refractivity contribution in [1.29, 1.82) is 0 Å². The first-order chi connectivity index (χ1) is 47.3. The standard InChI is InChI=1S/C68H77F2N15O14/c1-36-61(93)76-34-58(89)79-51(24-40-31-73-48-18-14-42(69)26-46(40)48)62(94)80-52(25-41-32-74-49-19-15-43(70)27-47(41)49)63(95)82-54(29-59(90)91)65(97)81-53(28-44-33-72-35-77-44)64(96)83-55(23-38-12-16-45(86)17-13-38)66(98)85-21-5-20-68(85,2)67(99)84-50(60(71)92)22-37-8-10-39(11-9-37)30-75-56(87)6-3-4-7-57(88)78-36/h8-19,26-27,31-33,35-36,50-55,73-74,86H,3-7,20-25,28-30,34H2,1-2H3,(H2,71,92)(H,72,77)(H,75,87)(H,76,93)(H,78,88)(H,79,89)(H,80,94)(H,81,97)(H,82,95)(H,83,96)(H,84,99)(H,90,91)/t36-,50-,51-,52-,53-,54-,55-,68-/m0/s1. The molecule has 8 atom stereocenters. The molecule has 1 saturated heterocycles. The molecule has 0 aliphatic carbocycles. The van der Waals surface area contributed by atoms with Gasteiger partial charge in [0, 0.05) is 104 Å². The van der Waals surface area contributed by atoms with E-state index in [-0.39, 0.29) is 86.3 Å². The molecule has 31 heteroatoms. The summed E-state index contributed by atoms with van der Waals surface area (Å²) >= 11 is 0. The maximum absolute atomic E-state index is 15.2. The number of carboxylic acid groups (broad SMARTS) is 1. The number of amides is 11. The number of fused-ring (bicyclic) bond motifs is 35. The number of carboxylic acids is 1. The first-order valence-corrected chi connectivity index (χ1v) is 32.1. The Labute approximate surface area is 564 Å². The number of primary amides is 1. The highest BCUT2D eigenvalue weighted by Crippen LogP contribution is 2.31. The van der Waals surface area contributed by atoms with Gasteiger partial charge in [0.05, 0.1) is 19.3 Å². The quantitative estimate of drug-likeness (QED) is 0.0802. The molecule has 0 unspecified atom stereocenters. The molecule has 2 bridgehead atoms. The summed E-state index contributed by atoms with van der Waals surface area (Å²) in [6, 6.07) is 8.79. The van der Waals surface area contributed by atoms with Crippen LogP contribution in [-0.2, 0) is 96.2 Å². The highest BCUT2D eigenvalue weighted by Gasteiger charge is 2.49. The van der Waals surface area contributed by atoms with Gasteiger partial charge in [0.2, 0.25) is 65.0 Å². The van der Waals surface area contributed by atoms with Gasteiger partial charge in [-0.15, -0.1) is 0 Å². The Morgan fingerprint density at radius 3 is 1.74 bits per heavy atom. The third-order valence-corrected chi connectivity index (χ3v) is 17.5. The van der Waals surface area contributed by atoms with Gasteiger partial charge in [-0.2, -0.15) is 0 Å². The number of aromatic nitrogens is 4. The number of rotatable bonds is 11. The van der Waals surface area contributed by atoms with Crippen LogP contribution in [0.3, 0.4) is 0 Å². The SMILES string of the molecule is C[C@@H]1NC(=O)CCCCC(=O)NCc2ccc(cc2)C[C@@H](C(N)=O)NC(=O)[C@]2(C)CCCN2C(=O)[C@H](Cc2ccc(O)cc2)NC(=O)[C@H](Cc2cnc[nH]2)NC(=O)[C@H](CC(=O)O)NC(=O)[C@H](Cc2c[nH]c3ccc(F)cc23)NC(=O)[C@H](Cc2c[nH]c3ccc(F)cc23)NC(=O)CNC1=O. The number of aliphatic carboxylic acids is 1. The number of aromatic amines is 3. The van der Waals surface area contributed by atoms with E-state index in [0.717, 1.165) is 6.07 Å². The number of nitrogens with zero attached hydrogens (tertiary/aromatic N) is 2. The molecular formula is C68H77F2N15O14. The van der Waals surface area contributed by atoms with Crippen molar-refractivity contribution in [3.05, 3.63) is 155 Å². The maximum atomic E-state index is 15.2. The summed E-state index contributed by atoms with van der Waals surface area (Å²) in [5.74, 6) is -12.7. The summed E-state index contributed by atoms with van der Waals surface area (Å²) in [6.07, 6.45) is 3.65. The molecule has 29 nitrogen and oxygen atoms in total. The summed E-state index contributed by atoms with van der Waals surface area (Å²) < 4.78 is 29.7. The van der Waals surface area contributed by atoms with Crippen molar-refractivity contribution in [1.82, 2.24) is 72.7 Å². The zero-order valence-electron chi connectivity index (χ0n) is 54.1. The van der Waals surface area contributed by atoms with Gasteiger partial charge in [0.15, 0.2) is 0 Å². The summed E-state index contributed by atoms with van der Waals surface area (Å²) in [6.45, 7) is 2.21. The van der Waals surface area contributed by atoms with Crippen molar-refractivity contribution >= 4 is 92.8 Å². The van der Waals surface area contributed by atoms with Crippen molar-refractivity contribution in [2.24, 2.45) is 5.73 Å². The Hall–Kier alpha value is -11.5. The fraction of sp³-hybridized carbons (Fsp3) is 0.368. The average Bonchev–Trinajstić information content (AvgIpc) is 1.70. The Bertz CT molecular complexity index is 4160. The van der Waals surface area contributed by atoms with E-state index in [9.17, 15) is 71.7 Å². The van der Waals surface area contributed by atoms with Crippen molar-refractivity contribution in [2.45, 2.75) is 145 Å². The minimum atomic E-state index is -2.06. The van der Waals surface area contributed by atoms with E-state index in [1.54, 1.807) is 24.3 Å². The fourth-order valence-electron chi connectivity index (χ4n) is 12.0. The molecule has 3 aliphatic rings. The molecule has 0 spiro atoms. The minimum Gasteiger partial charge on any atom is -0.508 e. The molecule has 0 radical (unpaired) electrons. The highest BCUT2D eigenvalue weighted by atomic mass is 19.1. The molecule has 0 saturated carbocycles. The van der Waals surface area contributed by atoms with E-state index in [2.05, 4.69) is 67.8 Å². The van der Waals surface area contributed by atoms with Gasteiger partial charge >= 0.3 is 5.97 Å². The van der Waals surface area contributed by atoms with Gasteiger partial charge in [-0.1, -0.05) is 36.4 Å². The number of imidazole rings is 1. The van der Waals surface area contributed by atoms with E-state index >= 15 is 4.79 Å². The Kier molecular flexibility index (Phi) is 23.5. The van der Waals surface area contributed by atoms with Crippen LogP contribution in [0.5, 0.6) is 5.75 Å². The van der Waals surface area contributed by atoms with Crippen LogP contribution in [0.2, 0.25) is 0 Å². The molecule has 99 heavy (non-hydrogen) atoms. The first kappa shape index (κ1) is 71.8. The number of hydrogen-bond donors (Lipinski definition) is 15. The smallest absolute Gasteiger partial charge is 0.305 e. The van der Waals surface area contributed by atoms with E-state index < -0.39 is 157 Å². The number of nitrogens with one attached hydrogen (secondary N) is 12. The Morgan fingerprint density at radius 2 is 1.15 bits per heavy atom. The number of carbonyl (C=O) groups is 12. The van der Waals surface area contributed by atoms with Crippen LogP contribution in [0.1, 0.15) is 92.3 Å². The maximum Gasteiger partial charge on any atom is 0.305 e. The van der Waals surface area contributed by atoms with Crippen molar-refractivity contribution in [3.63, 3.8) is 0 Å². The molecule has 3 aliphatic heterocycles. The Morgan fingerprint density at radius 1 is 0.596 bits per heavy atom. The van der Waals surface area contributed by atoms with Crippen LogP contribution in [0, 0.1) is 11.6 Å².